The highest BCUT2D eigenvalue weighted by atomic mass is 35.5. The molecule has 1 aliphatic heterocycles. The molecule has 1 fully saturated rings. The van der Waals surface area contributed by atoms with E-state index in [1.807, 2.05) is 0 Å². The van der Waals surface area contributed by atoms with Gasteiger partial charge in [-0.05, 0) is 48.5 Å². The topological polar surface area (TPSA) is 64.9 Å². The molecule has 0 spiro atoms. The van der Waals surface area contributed by atoms with Crippen molar-refractivity contribution in [2.45, 2.75) is 12.5 Å². The lowest BCUT2D eigenvalue weighted by Gasteiger charge is -2.37. The van der Waals surface area contributed by atoms with Gasteiger partial charge in [-0.3, -0.25) is 4.79 Å². The van der Waals surface area contributed by atoms with Gasteiger partial charge >= 0.3 is 0 Å². The number of hydrogen-bond acceptors (Lipinski definition) is 4. The molecular formula is C20H20ClFN2O3. The summed E-state index contributed by atoms with van der Waals surface area (Å²) < 4.78 is 13.1. The van der Waals surface area contributed by atoms with Crippen molar-refractivity contribution in [3.05, 3.63) is 64.9 Å². The van der Waals surface area contributed by atoms with E-state index in [4.69, 9.17) is 11.6 Å². The summed E-state index contributed by atoms with van der Waals surface area (Å²) in [5, 5.41) is 12.2. The second-order valence-electron chi connectivity index (χ2n) is 6.63. The number of carbonyl (C=O) groups is 2. The van der Waals surface area contributed by atoms with Crippen LogP contribution in [0.3, 0.4) is 0 Å². The highest BCUT2D eigenvalue weighted by molar-refractivity contribution is 6.30. The number of halogens is 2. The van der Waals surface area contributed by atoms with E-state index in [0.717, 1.165) is 10.6 Å². The molecule has 0 bridgehead atoms. The lowest BCUT2D eigenvalue weighted by atomic mass is 10.0. The van der Waals surface area contributed by atoms with E-state index in [1.54, 1.807) is 36.4 Å². The Labute approximate surface area is 162 Å². The monoisotopic (exact) mass is 390 g/mol. The Morgan fingerprint density at radius 2 is 1.67 bits per heavy atom. The molecule has 0 saturated carbocycles. The molecular weight excluding hydrogens is 371 g/mol. The van der Waals surface area contributed by atoms with Gasteiger partial charge < -0.3 is 19.7 Å². The van der Waals surface area contributed by atoms with Crippen LogP contribution >= 0.6 is 11.6 Å². The smallest absolute Gasteiger partial charge is 0.169 e. The van der Waals surface area contributed by atoms with E-state index >= 15 is 0 Å². The third-order valence-electron chi connectivity index (χ3n) is 4.93. The van der Waals surface area contributed by atoms with Crippen molar-refractivity contribution in [1.29, 1.82) is 0 Å². The van der Waals surface area contributed by atoms with Crippen LogP contribution in [0.4, 0.5) is 10.1 Å². The first-order chi connectivity index (χ1) is 12.9. The van der Waals surface area contributed by atoms with Gasteiger partial charge in [-0.25, -0.2) is 4.39 Å². The first-order valence-corrected chi connectivity index (χ1v) is 9.16. The minimum atomic E-state index is -1.22. The summed E-state index contributed by atoms with van der Waals surface area (Å²) in [7, 11) is 0. The number of anilines is 1. The molecule has 27 heavy (non-hydrogen) atoms. The van der Waals surface area contributed by atoms with Crippen LogP contribution in [-0.4, -0.2) is 44.0 Å². The molecule has 0 aliphatic carbocycles. The summed E-state index contributed by atoms with van der Waals surface area (Å²) in [6, 6.07) is 11.7. The first kappa shape index (κ1) is 19.3. The zero-order valence-corrected chi connectivity index (χ0v) is 15.4. The Morgan fingerprint density at radius 1 is 1.07 bits per heavy atom. The standard InChI is InChI=1S/C20H20ClFN2O3/c21-15-3-1-14(2-4-15)19(25)13-18(20(26)27)24-11-9-23(10-12-24)17-7-5-16(22)6-8-17/h1-8,18H,9-13H2,(H,26,27)/t18-/m1/s1. The molecule has 142 valence electrons. The van der Waals surface area contributed by atoms with Gasteiger partial charge in [0.15, 0.2) is 5.78 Å². The minimum absolute atomic E-state index is 0.115. The van der Waals surface area contributed by atoms with Crippen LogP contribution in [0.2, 0.25) is 5.02 Å². The Bertz CT molecular complexity index is 803. The summed E-state index contributed by atoms with van der Waals surface area (Å²) >= 11 is 5.82. The Morgan fingerprint density at radius 3 is 2.22 bits per heavy atom. The third kappa shape index (κ3) is 4.84. The Kier molecular flexibility index (Phi) is 6.08. The molecule has 0 radical (unpaired) electrons. The maximum absolute atomic E-state index is 13.1. The number of carboxylic acids is 1. The Hall–Kier alpha value is -2.44. The van der Waals surface area contributed by atoms with Crippen LogP contribution in [0.15, 0.2) is 48.5 Å². The number of nitrogens with one attached hydrogen (secondary N) is 1. The van der Waals surface area contributed by atoms with Crippen LogP contribution in [-0.2, 0) is 4.79 Å². The van der Waals surface area contributed by atoms with E-state index in [1.165, 1.54) is 12.1 Å². The number of piperazine rings is 1. The van der Waals surface area contributed by atoms with E-state index < -0.39 is 12.0 Å². The average Bonchev–Trinajstić information content (AvgIpc) is 2.67. The maximum atomic E-state index is 13.1. The minimum Gasteiger partial charge on any atom is -0.544 e. The number of hydrogen-bond donors (Lipinski definition) is 1. The largest absolute Gasteiger partial charge is 0.544 e. The predicted octanol–water partition coefficient (Wildman–Crippen LogP) is 0.576. The number of carbonyl (C=O) groups excluding carboxylic acids is 2. The molecule has 1 aliphatic rings. The summed E-state index contributed by atoms with van der Waals surface area (Å²) in [4.78, 5) is 27.0. The summed E-state index contributed by atoms with van der Waals surface area (Å²) in [5.41, 5.74) is 1.34. The van der Waals surface area contributed by atoms with Crippen LogP contribution in [0.25, 0.3) is 0 Å². The van der Waals surface area contributed by atoms with Crippen molar-refractivity contribution >= 4 is 29.0 Å². The maximum Gasteiger partial charge on any atom is 0.169 e. The van der Waals surface area contributed by atoms with Crippen LogP contribution in [0, 0.1) is 5.82 Å². The van der Waals surface area contributed by atoms with Crippen molar-refractivity contribution in [3.63, 3.8) is 0 Å². The van der Waals surface area contributed by atoms with E-state index in [2.05, 4.69) is 4.90 Å². The van der Waals surface area contributed by atoms with Gasteiger partial charge in [0.2, 0.25) is 0 Å². The first-order valence-electron chi connectivity index (χ1n) is 8.79. The highest BCUT2D eigenvalue weighted by Crippen LogP contribution is 2.15. The number of ketones is 1. The van der Waals surface area contributed by atoms with Crippen molar-refractivity contribution in [3.8, 4) is 0 Å². The predicted molar refractivity (Wildman–Crippen MR) is 98.5 cm³/mol. The van der Waals surface area contributed by atoms with Gasteiger partial charge in [-0.15, -0.1) is 0 Å². The van der Waals surface area contributed by atoms with Gasteiger partial charge in [-0.1, -0.05) is 11.6 Å². The molecule has 0 aromatic heterocycles. The normalized spacial score (nSPS) is 16.1. The molecule has 1 heterocycles. The van der Waals surface area contributed by atoms with Crippen LogP contribution < -0.4 is 14.9 Å². The van der Waals surface area contributed by atoms with Gasteiger partial charge in [0, 0.05) is 16.3 Å². The zero-order chi connectivity index (χ0) is 19.4. The molecule has 0 unspecified atom stereocenters. The highest BCUT2D eigenvalue weighted by Gasteiger charge is 2.30. The molecule has 1 saturated heterocycles. The summed E-state index contributed by atoms with van der Waals surface area (Å²) in [6.45, 7) is 2.37. The second-order valence-corrected chi connectivity index (χ2v) is 7.06. The fourth-order valence-corrected chi connectivity index (χ4v) is 3.51. The molecule has 0 amide bonds. The molecule has 2 aromatic rings. The number of carboxylic acid groups (broad SMARTS) is 1. The second kappa shape index (κ2) is 8.50. The number of aliphatic carboxylic acids is 1. The van der Waals surface area contributed by atoms with E-state index in [9.17, 15) is 19.1 Å². The van der Waals surface area contributed by atoms with Crippen molar-refractivity contribution in [2.75, 3.05) is 31.1 Å². The van der Waals surface area contributed by atoms with E-state index in [0.29, 0.717) is 36.8 Å². The number of Topliss-reactive ketones (excluding diaryl/α,β-unsaturated/α-hetero) is 1. The summed E-state index contributed by atoms with van der Waals surface area (Å²) in [6.07, 6.45) is -0.115. The van der Waals surface area contributed by atoms with Gasteiger partial charge in [-0.2, -0.15) is 0 Å². The molecule has 2 aromatic carbocycles. The molecule has 1 N–H and O–H groups in total. The molecule has 1 atom stereocenters. The fourth-order valence-electron chi connectivity index (χ4n) is 3.39. The van der Waals surface area contributed by atoms with E-state index in [-0.39, 0.29) is 18.0 Å². The van der Waals surface area contributed by atoms with Crippen molar-refractivity contribution < 1.29 is 24.0 Å². The lowest BCUT2D eigenvalue weighted by Crippen LogP contribution is -3.19. The SMILES string of the molecule is O=C(C[C@H](C(=O)[O-])[NH+]1CCN(c2ccc(F)cc2)CC1)c1ccc(Cl)cc1. The number of benzene rings is 2. The van der Waals surface area contributed by atoms with Crippen LogP contribution in [0.1, 0.15) is 16.8 Å². The number of rotatable bonds is 6. The van der Waals surface area contributed by atoms with Crippen molar-refractivity contribution in [1.82, 2.24) is 0 Å². The van der Waals surface area contributed by atoms with Gasteiger partial charge in [0.25, 0.3) is 0 Å². The molecule has 5 nitrogen and oxygen atoms in total. The number of nitrogens with zero attached hydrogens (tertiary/aromatic N) is 1. The third-order valence-corrected chi connectivity index (χ3v) is 5.18. The van der Waals surface area contributed by atoms with Crippen molar-refractivity contribution in [2.24, 2.45) is 0 Å². The number of quaternary nitrogens is 1. The summed E-state index contributed by atoms with van der Waals surface area (Å²) in [5.74, 6) is -1.75. The zero-order valence-electron chi connectivity index (χ0n) is 14.7. The Balaban J connectivity index is 1.62. The molecule has 3 rings (SSSR count). The molecule has 7 heteroatoms. The van der Waals surface area contributed by atoms with Crippen LogP contribution in [0.5, 0.6) is 0 Å². The quantitative estimate of drug-likeness (QED) is 0.733. The average molecular weight is 391 g/mol. The lowest BCUT2D eigenvalue weighted by molar-refractivity contribution is -0.918. The fraction of sp³-hybridized carbons (Fsp3) is 0.300. The van der Waals surface area contributed by atoms with Gasteiger partial charge in [0.05, 0.1) is 38.6 Å². The van der Waals surface area contributed by atoms with Gasteiger partial charge in [0.1, 0.15) is 11.9 Å².